The van der Waals surface area contributed by atoms with Crippen LogP contribution in [-0.4, -0.2) is 12.6 Å². The lowest BCUT2D eigenvalue weighted by Crippen LogP contribution is -2.34. The molecular formula is C14H25N. The van der Waals surface area contributed by atoms with Crippen LogP contribution in [0.2, 0.25) is 0 Å². The summed E-state index contributed by atoms with van der Waals surface area (Å²) in [6.45, 7) is 3.45. The van der Waals surface area contributed by atoms with E-state index in [-0.39, 0.29) is 0 Å². The molecule has 2 rings (SSSR count). The molecule has 1 heteroatoms. The van der Waals surface area contributed by atoms with Crippen LogP contribution >= 0.6 is 0 Å². The topological polar surface area (TPSA) is 12.0 Å². The van der Waals surface area contributed by atoms with Crippen LogP contribution in [0.15, 0.2) is 11.6 Å². The van der Waals surface area contributed by atoms with E-state index in [4.69, 9.17) is 0 Å². The summed E-state index contributed by atoms with van der Waals surface area (Å²) in [4.78, 5) is 0. The molecule has 0 aromatic rings. The second-order valence-electron chi connectivity index (χ2n) is 5.21. The lowest BCUT2D eigenvalue weighted by molar-refractivity contribution is 0.270. The summed E-state index contributed by atoms with van der Waals surface area (Å²) < 4.78 is 0. The highest BCUT2D eigenvalue weighted by atomic mass is 14.9. The van der Waals surface area contributed by atoms with Gasteiger partial charge in [0.05, 0.1) is 0 Å². The van der Waals surface area contributed by atoms with Gasteiger partial charge >= 0.3 is 0 Å². The van der Waals surface area contributed by atoms with Crippen LogP contribution in [0, 0.1) is 5.92 Å². The van der Waals surface area contributed by atoms with Gasteiger partial charge in [-0.15, -0.1) is 0 Å². The van der Waals surface area contributed by atoms with Crippen LogP contribution in [0.25, 0.3) is 0 Å². The van der Waals surface area contributed by atoms with Gasteiger partial charge in [0.15, 0.2) is 0 Å². The Labute approximate surface area is 94.3 Å². The summed E-state index contributed by atoms with van der Waals surface area (Å²) in [6.07, 6.45) is 13.7. The van der Waals surface area contributed by atoms with Gasteiger partial charge in [0.25, 0.3) is 0 Å². The molecule has 0 saturated heterocycles. The summed E-state index contributed by atoms with van der Waals surface area (Å²) in [5, 5.41) is 3.74. The van der Waals surface area contributed by atoms with Crippen molar-refractivity contribution in [3.8, 4) is 0 Å². The van der Waals surface area contributed by atoms with Gasteiger partial charge in [-0.25, -0.2) is 0 Å². The van der Waals surface area contributed by atoms with Gasteiger partial charge in [-0.05, 0) is 44.6 Å². The minimum absolute atomic E-state index is 0.720. The molecule has 0 spiro atoms. The Morgan fingerprint density at radius 2 is 2.27 bits per heavy atom. The van der Waals surface area contributed by atoms with Gasteiger partial charge in [0.1, 0.15) is 0 Å². The molecule has 0 aliphatic heterocycles. The third kappa shape index (κ3) is 3.07. The fourth-order valence-corrected chi connectivity index (χ4v) is 2.76. The van der Waals surface area contributed by atoms with E-state index in [1.807, 2.05) is 0 Å². The van der Waals surface area contributed by atoms with Gasteiger partial charge in [0.2, 0.25) is 0 Å². The fraction of sp³-hybridized carbons (Fsp3) is 0.857. The number of rotatable bonds is 6. The molecule has 0 aromatic heterocycles. The van der Waals surface area contributed by atoms with Crippen LogP contribution < -0.4 is 5.32 Å². The maximum Gasteiger partial charge on any atom is 0.0282 e. The van der Waals surface area contributed by atoms with E-state index in [1.165, 1.54) is 57.9 Å². The van der Waals surface area contributed by atoms with Gasteiger partial charge < -0.3 is 5.32 Å². The second kappa shape index (κ2) is 5.69. The van der Waals surface area contributed by atoms with Crippen LogP contribution in [0.1, 0.15) is 58.3 Å². The molecule has 2 aliphatic rings. The zero-order valence-electron chi connectivity index (χ0n) is 10.1. The quantitative estimate of drug-likeness (QED) is 0.655. The maximum atomic E-state index is 3.74. The number of allylic oxidation sites excluding steroid dienone is 1. The summed E-state index contributed by atoms with van der Waals surface area (Å²) in [6, 6.07) is 0.720. The van der Waals surface area contributed by atoms with Crippen LogP contribution in [0.5, 0.6) is 0 Å². The smallest absolute Gasteiger partial charge is 0.0282 e. The zero-order valence-corrected chi connectivity index (χ0v) is 10.1. The molecule has 1 saturated carbocycles. The van der Waals surface area contributed by atoms with Crippen LogP contribution in [0.3, 0.4) is 0 Å². The van der Waals surface area contributed by atoms with Crippen molar-refractivity contribution in [2.75, 3.05) is 6.54 Å². The molecule has 0 radical (unpaired) electrons. The minimum Gasteiger partial charge on any atom is -0.310 e. The van der Waals surface area contributed by atoms with Crippen LogP contribution in [0.4, 0.5) is 0 Å². The Hall–Kier alpha value is -0.300. The Kier molecular flexibility index (Phi) is 4.25. The normalized spacial score (nSPS) is 23.7. The first-order chi connectivity index (χ1) is 7.40. The molecule has 1 atom stereocenters. The first kappa shape index (κ1) is 11.2. The standard InChI is InChI=1S/C14H25N/c1-2-10-15-14(11-12-6-5-7-12)13-8-3-4-9-13/h8,12,14-15H,2-7,9-11H2,1H3. The van der Waals surface area contributed by atoms with E-state index in [0.29, 0.717) is 0 Å². The van der Waals surface area contributed by atoms with Gasteiger partial charge in [-0.1, -0.05) is 37.8 Å². The minimum atomic E-state index is 0.720. The van der Waals surface area contributed by atoms with E-state index in [1.54, 1.807) is 5.57 Å². The molecule has 1 N–H and O–H groups in total. The van der Waals surface area contributed by atoms with E-state index >= 15 is 0 Å². The lowest BCUT2D eigenvalue weighted by atomic mass is 9.79. The predicted octanol–water partition coefficient (Wildman–Crippen LogP) is 3.66. The lowest BCUT2D eigenvalue weighted by Gasteiger charge is -2.31. The zero-order chi connectivity index (χ0) is 10.5. The second-order valence-corrected chi connectivity index (χ2v) is 5.21. The van der Waals surface area contributed by atoms with E-state index < -0.39 is 0 Å². The van der Waals surface area contributed by atoms with Gasteiger partial charge in [0, 0.05) is 6.04 Å². The molecule has 1 unspecified atom stereocenters. The first-order valence-electron chi connectivity index (χ1n) is 6.82. The van der Waals surface area contributed by atoms with E-state index in [0.717, 1.165) is 12.0 Å². The number of hydrogen-bond acceptors (Lipinski definition) is 1. The highest BCUT2D eigenvalue weighted by Crippen LogP contribution is 2.33. The van der Waals surface area contributed by atoms with Crippen molar-refractivity contribution in [3.05, 3.63) is 11.6 Å². The molecule has 0 amide bonds. The molecule has 0 aromatic carbocycles. The molecule has 86 valence electrons. The summed E-state index contributed by atoms with van der Waals surface area (Å²) in [7, 11) is 0. The van der Waals surface area contributed by atoms with Crippen molar-refractivity contribution in [1.82, 2.24) is 5.32 Å². The monoisotopic (exact) mass is 207 g/mol. The molecule has 1 fully saturated rings. The van der Waals surface area contributed by atoms with Crippen molar-refractivity contribution in [2.24, 2.45) is 5.92 Å². The Bertz CT molecular complexity index is 215. The van der Waals surface area contributed by atoms with Crippen molar-refractivity contribution >= 4 is 0 Å². The molecule has 0 bridgehead atoms. The largest absolute Gasteiger partial charge is 0.310 e. The van der Waals surface area contributed by atoms with Crippen molar-refractivity contribution in [3.63, 3.8) is 0 Å². The van der Waals surface area contributed by atoms with E-state index in [9.17, 15) is 0 Å². The summed E-state index contributed by atoms with van der Waals surface area (Å²) in [5.74, 6) is 1.03. The van der Waals surface area contributed by atoms with Crippen LogP contribution in [-0.2, 0) is 0 Å². The predicted molar refractivity (Wildman–Crippen MR) is 66.0 cm³/mol. The molecular weight excluding hydrogens is 182 g/mol. The number of hydrogen-bond donors (Lipinski definition) is 1. The Balaban J connectivity index is 1.83. The molecule has 0 heterocycles. The SMILES string of the molecule is CCCNC(CC1CCC1)C1=CCCC1. The summed E-state index contributed by atoms with van der Waals surface area (Å²) in [5.41, 5.74) is 1.72. The average molecular weight is 207 g/mol. The Morgan fingerprint density at radius 1 is 1.40 bits per heavy atom. The fourth-order valence-electron chi connectivity index (χ4n) is 2.76. The van der Waals surface area contributed by atoms with Gasteiger partial charge in [-0.2, -0.15) is 0 Å². The molecule has 1 nitrogen and oxygen atoms in total. The third-order valence-corrected chi connectivity index (χ3v) is 3.96. The first-order valence-corrected chi connectivity index (χ1v) is 6.82. The van der Waals surface area contributed by atoms with Crippen molar-refractivity contribution in [2.45, 2.75) is 64.3 Å². The highest BCUT2D eigenvalue weighted by molar-refractivity contribution is 5.15. The molecule has 15 heavy (non-hydrogen) atoms. The van der Waals surface area contributed by atoms with Gasteiger partial charge in [-0.3, -0.25) is 0 Å². The van der Waals surface area contributed by atoms with E-state index in [2.05, 4.69) is 18.3 Å². The van der Waals surface area contributed by atoms with Crippen molar-refractivity contribution in [1.29, 1.82) is 0 Å². The molecule has 2 aliphatic carbocycles. The van der Waals surface area contributed by atoms with Crippen molar-refractivity contribution < 1.29 is 0 Å². The number of nitrogens with one attached hydrogen (secondary N) is 1. The average Bonchev–Trinajstić information content (AvgIpc) is 2.68. The highest BCUT2D eigenvalue weighted by Gasteiger charge is 2.24. The summed E-state index contributed by atoms with van der Waals surface area (Å²) >= 11 is 0. The Morgan fingerprint density at radius 3 is 2.80 bits per heavy atom. The third-order valence-electron chi connectivity index (χ3n) is 3.96. The maximum absolute atomic E-state index is 3.74.